The average Bonchev–Trinajstić information content (AvgIpc) is 3.08. The van der Waals surface area contributed by atoms with E-state index < -0.39 is 17.8 Å². The summed E-state index contributed by atoms with van der Waals surface area (Å²) in [6.45, 7) is 1.62. The number of benzene rings is 1. The van der Waals surface area contributed by atoms with E-state index in [0.717, 1.165) is 22.9 Å². The van der Waals surface area contributed by atoms with Gasteiger partial charge in [0.15, 0.2) is 0 Å². The minimum atomic E-state index is -0.888. The van der Waals surface area contributed by atoms with Crippen LogP contribution in [0, 0.1) is 11.8 Å². The highest BCUT2D eigenvalue weighted by Crippen LogP contribution is 2.37. The van der Waals surface area contributed by atoms with Gasteiger partial charge < -0.3 is 14.9 Å². The second-order valence-corrected chi connectivity index (χ2v) is 9.71. The number of fused-ring (bicyclic) bond motifs is 1. The van der Waals surface area contributed by atoms with Crippen molar-refractivity contribution in [1.82, 2.24) is 9.80 Å². The Morgan fingerprint density at radius 2 is 1.60 bits per heavy atom. The van der Waals surface area contributed by atoms with E-state index in [1.807, 2.05) is 6.07 Å². The lowest BCUT2D eigenvalue weighted by atomic mass is 9.78. The third-order valence-corrected chi connectivity index (χ3v) is 7.94. The number of carbonyl (C=O) groups is 3. The number of hydrogen-bond acceptors (Lipinski definition) is 4. The van der Waals surface area contributed by atoms with E-state index in [1.54, 1.807) is 21.9 Å². The molecule has 0 unspecified atom stereocenters. The molecule has 1 aliphatic heterocycles. The number of carboxylic acid groups (broad SMARTS) is 1. The molecule has 2 aromatic rings. The molecule has 6 nitrogen and oxygen atoms in total. The van der Waals surface area contributed by atoms with Gasteiger partial charge in [-0.1, -0.05) is 42.1 Å². The molecule has 2 heterocycles. The third kappa shape index (κ3) is 4.03. The van der Waals surface area contributed by atoms with Crippen LogP contribution in [0.2, 0.25) is 10.0 Å². The predicted molar refractivity (Wildman–Crippen MR) is 117 cm³/mol. The predicted octanol–water partition coefficient (Wildman–Crippen LogP) is 4.38. The Hall–Kier alpha value is -1.83. The average molecular weight is 469 g/mol. The fraction of sp³-hybridized carbons (Fsp3) is 0.476. The zero-order valence-electron chi connectivity index (χ0n) is 16.3. The highest BCUT2D eigenvalue weighted by molar-refractivity contribution is 7.21. The minimum Gasteiger partial charge on any atom is -0.481 e. The molecule has 0 radical (unpaired) electrons. The Kier molecular flexibility index (Phi) is 6.23. The van der Waals surface area contributed by atoms with Crippen molar-refractivity contribution in [2.75, 3.05) is 26.2 Å². The molecule has 30 heavy (non-hydrogen) atoms. The zero-order valence-corrected chi connectivity index (χ0v) is 18.6. The van der Waals surface area contributed by atoms with Crippen molar-refractivity contribution < 1.29 is 19.5 Å². The van der Waals surface area contributed by atoms with Crippen LogP contribution in [0.5, 0.6) is 0 Å². The zero-order chi connectivity index (χ0) is 21.4. The van der Waals surface area contributed by atoms with Gasteiger partial charge in [0.2, 0.25) is 5.91 Å². The topological polar surface area (TPSA) is 77.9 Å². The number of halogens is 2. The van der Waals surface area contributed by atoms with E-state index in [-0.39, 0.29) is 11.8 Å². The maximum atomic E-state index is 13.0. The Bertz CT molecular complexity index is 1000. The summed E-state index contributed by atoms with van der Waals surface area (Å²) in [5.74, 6) is -2.19. The van der Waals surface area contributed by atoms with Crippen molar-refractivity contribution in [1.29, 1.82) is 0 Å². The van der Waals surface area contributed by atoms with Gasteiger partial charge in [0.25, 0.3) is 5.91 Å². The van der Waals surface area contributed by atoms with Crippen LogP contribution in [0.1, 0.15) is 35.4 Å². The lowest BCUT2D eigenvalue weighted by Crippen LogP contribution is -2.53. The Morgan fingerprint density at radius 3 is 2.27 bits per heavy atom. The molecule has 1 aromatic heterocycles. The molecule has 2 fully saturated rings. The summed E-state index contributed by atoms with van der Waals surface area (Å²) in [6, 6.07) is 5.35. The number of amides is 2. The molecule has 1 N–H and O–H groups in total. The molecule has 1 aliphatic carbocycles. The molecule has 9 heteroatoms. The molecule has 2 amide bonds. The molecule has 1 saturated heterocycles. The number of carboxylic acids is 1. The van der Waals surface area contributed by atoms with Crippen LogP contribution in [-0.2, 0) is 9.59 Å². The third-order valence-electron chi connectivity index (χ3n) is 6.06. The highest BCUT2D eigenvalue weighted by atomic mass is 35.5. The molecule has 2 aliphatic rings. The van der Waals surface area contributed by atoms with Gasteiger partial charge in [0.05, 0.1) is 16.9 Å². The molecule has 4 rings (SSSR count). The fourth-order valence-corrected chi connectivity index (χ4v) is 6.16. The molecule has 160 valence electrons. The first kappa shape index (κ1) is 21.4. The van der Waals surface area contributed by atoms with E-state index in [4.69, 9.17) is 23.2 Å². The molecule has 2 atom stereocenters. The Morgan fingerprint density at radius 1 is 0.967 bits per heavy atom. The minimum absolute atomic E-state index is 0.0938. The SMILES string of the molecule is O=C(O)[C@@H]1CCCC[C@H]1C(=O)N1CCN(C(=O)c2sc3cc(Cl)ccc3c2Cl)CC1. The first-order chi connectivity index (χ1) is 14.4. The van der Waals surface area contributed by atoms with Gasteiger partial charge in [-0.15, -0.1) is 11.3 Å². The van der Waals surface area contributed by atoms with Crippen molar-refractivity contribution in [2.24, 2.45) is 11.8 Å². The van der Waals surface area contributed by atoms with Crippen LogP contribution < -0.4 is 0 Å². The summed E-state index contributed by atoms with van der Waals surface area (Å²) in [6.07, 6.45) is 2.91. The number of rotatable bonds is 3. The smallest absolute Gasteiger partial charge is 0.307 e. The molecule has 1 saturated carbocycles. The van der Waals surface area contributed by atoms with Crippen molar-refractivity contribution in [2.45, 2.75) is 25.7 Å². The summed E-state index contributed by atoms with van der Waals surface area (Å²) in [5, 5.41) is 11.3. The number of hydrogen-bond donors (Lipinski definition) is 1. The van der Waals surface area contributed by atoms with Crippen molar-refractivity contribution in [3.63, 3.8) is 0 Å². The van der Waals surface area contributed by atoms with E-state index >= 15 is 0 Å². The quantitative estimate of drug-likeness (QED) is 0.724. The number of piperazine rings is 1. The lowest BCUT2D eigenvalue weighted by molar-refractivity contribution is -0.152. The van der Waals surface area contributed by atoms with E-state index in [2.05, 4.69) is 0 Å². The summed E-state index contributed by atoms with van der Waals surface area (Å²) < 4.78 is 0.863. The lowest BCUT2D eigenvalue weighted by Gasteiger charge is -2.38. The monoisotopic (exact) mass is 468 g/mol. The maximum Gasteiger partial charge on any atom is 0.307 e. The van der Waals surface area contributed by atoms with Crippen LogP contribution in [0.4, 0.5) is 0 Å². The second-order valence-electron chi connectivity index (χ2n) is 7.84. The normalized spacial score (nSPS) is 22.3. The molecular weight excluding hydrogens is 447 g/mol. The summed E-state index contributed by atoms with van der Waals surface area (Å²) in [4.78, 5) is 41.4. The van der Waals surface area contributed by atoms with Gasteiger partial charge in [-0.05, 0) is 25.0 Å². The van der Waals surface area contributed by atoms with Crippen molar-refractivity contribution >= 4 is 62.4 Å². The summed E-state index contributed by atoms with van der Waals surface area (Å²) in [7, 11) is 0. The number of nitrogens with zero attached hydrogens (tertiary/aromatic N) is 2. The van der Waals surface area contributed by atoms with Crippen LogP contribution in [-0.4, -0.2) is 58.9 Å². The van der Waals surface area contributed by atoms with E-state index in [0.29, 0.717) is 53.9 Å². The first-order valence-corrected chi connectivity index (χ1v) is 11.6. The molecule has 0 spiro atoms. The highest BCUT2D eigenvalue weighted by Gasteiger charge is 2.39. The molecule has 1 aromatic carbocycles. The Balaban J connectivity index is 1.43. The van der Waals surface area contributed by atoms with E-state index in [1.165, 1.54) is 11.3 Å². The van der Waals surface area contributed by atoms with Crippen LogP contribution in [0.15, 0.2) is 18.2 Å². The number of carbonyl (C=O) groups excluding carboxylic acids is 2. The summed E-state index contributed by atoms with van der Waals surface area (Å²) in [5.41, 5.74) is 0. The van der Waals surface area contributed by atoms with Gasteiger partial charge >= 0.3 is 5.97 Å². The van der Waals surface area contributed by atoms with Crippen molar-refractivity contribution in [3.8, 4) is 0 Å². The van der Waals surface area contributed by atoms with Crippen LogP contribution in [0.25, 0.3) is 10.1 Å². The molecular formula is C21H22Cl2N2O4S. The Labute approximate surface area is 188 Å². The summed E-state index contributed by atoms with van der Waals surface area (Å²) >= 11 is 13.8. The number of thiophene rings is 1. The van der Waals surface area contributed by atoms with Gasteiger partial charge in [-0.25, -0.2) is 0 Å². The maximum absolute atomic E-state index is 13.0. The van der Waals surface area contributed by atoms with Gasteiger partial charge in [0.1, 0.15) is 4.88 Å². The van der Waals surface area contributed by atoms with E-state index in [9.17, 15) is 19.5 Å². The van der Waals surface area contributed by atoms with Crippen LogP contribution >= 0.6 is 34.5 Å². The van der Waals surface area contributed by atoms with Crippen LogP contribution in [0.3, 0.4) is 0 Å². The first-order valence-electron chi connectivity index (χ1n) is 10.0. The second kappa shape index (κ2) is 8.73. The molecule has 0 bridgehead atoms. The standard InChI is InChI=1S/C21H22Cl2N2O4S/c22-12-5-6-15-16(11-12)30-18(17(15)23)20(27)25-9-7-24(8-10-25)19(26)13-3-1-2-4-14(13)21(28)29/h5-6,11,13-14H,1-4,7-10H2,(H,28,29)/t13-,14-/m1/s1. The van der Waals surface area contributed by atoms with Gasteiger partial charge in [-0.2, -0.15) is 0 Å². The number of aliphatic carboxylic acids is 1. The van der Waals surface area contributed by atoms with Crippen molar-refractivity contribution in [3.05, 3.63) is 33.1 Å². The van der Waals surface area contributed by atoms with Gasteiger partial charge in [0, 0.05) is 41.3 Å². The fourth-order valence-electron chi connectivity index (χ4n) is 4.41. The largest absolute Gasteiger partial charge is 0.481 e. The van der Waals surface area contributed by atoms with Gasteiger partial charge in [-0.3, -0.25) is 14.4 Å².